The summed E-state index contributed by atoms with van der Waals surface area (Å²) in [6, 6.07) is 0.670. The smallest absolute Gasteiger partial charge is 0.150 e. The second-order valence-electron chi connectivity index (χ2n) is 4.77. The Morgan fingerprint density at radius 2 is 2.00 bits per heavy atom. The van der Waals surface area contributed by atoms with E-state index in [4.69, 9.17) is 4.74 Å². The Morgan fingerprint density at radius 1 is 1.28 bits per heavy atom. The first-order valence-corrected chi connectivity index (χ1v) is 6.78. The Hall–Kier alpha value is -0.940. The predicted molar refractivity (Wildman–Crippen MR) is 72.8 cm³/mol. The van der Waals surface area contributed by atoms with E-state index in [2.05, 4.69) is 43.1 Å². The minimum Gasteiger partial charge on any atom is -0.382 e. The van der Waals surface area contributed by atoms with Crippen LogP contribution in [-0.2, 0) is 17.6 Å². The zero-order valence-electron chi connectivity index (χ0n) is 12.2. The summed E-state index contributed by atoms with van der Waals surface area (Å²) in [4.78, 5) is 4.55. The van der Waals surface area contributed by atoms with E-state index in [0.29, 0.717) is 12.6 Å². The molecule has 104 valence electrons. The number of hydrogen-bond donors (Lipinski definition) is 1. The fourth-order valence-corrected chi connectivity index (χ4v) is 1.87. The Kier molecular flexibility index (Phi) is 6.29. The fraction of sp³-hybridized carbons (Fsp3) is 0.846. The molecule has 0 saturated carbocycles. The summed E-state index contributed by atoms with van der Waals surface area (Å²) in [5.74, 6) is 1.96. The van der Waals surface area contributed by atoms with Gasteiger partial charge in [0.25, 0.3) is 0 Å². The first kappa shape index (κ1) is 15.1. The average Bonchev–Trinajstić information content (AvgIpc) is 2.77. The van der Waals surface area contributed by atoms with E-state index in [9.17, 15) is 0 Å². The van der Waals surface area contributed by atoms with E-state index in [1.54, 1.807) is 7.11 Å². The van der Waals surface area contributed by atoms with Crippen molar-refractivity contribution in [3.63, 3.8) is 0 Å². The highest BCUT2D eigenvalue weighted by molar-refractivity contribution is 4.95. The molecular formula is C13H26N4O. The maximum atomic E-state index is 5.30. The van der Waals surface area contributed by atoms with E-state index in [1.807, 2.05) is 4.68 Å². The Bertz CT molecular complexity index is 349. The monoisotopic (exact) mass is 254 g/mol. The van der Waals surface area contributed by atoms with Crippen molar-refractivity contribution in [2.75, 3.05) is 20.3 Å². The average molecular weight is 254 g/mol. The van der Waals surface area contributed by atoms with Crippen LogP contribution in [0.4, 0.5) is 0 Å². The van der Waals surface area contributed by atoms with Crippen LogP contribution in [0.25, 0.3) is 0 Å². The largest absolute Gasteiger partial charge is 0.382 e. The Morgan fingerprint density at radius 3 is 2.50 bits per heavy atom. The maximum Gasteiger partial charge on any atom is 0.150 e. The summed E-state index contributed by atoms with van der Waals surface area (Å²) in [6.45, 7) is 9.98. The topological polar surface area (TPSA) is 52.0 Å². The van der Waals surface area contributed by atoms with Gasteiger partial charge in [0.15, 0.2) is 5.82 Å². The van der Waals surface area contributed by atoms with Gasteiger partial charge in [-0.1, -0.05) is 27.7 Å². The molecule has 1 aromatic rings. The number of ether oxygens (including phenoxy) is 1. The first-order chi connectivity index (χ1) is 8.62. The van der Waals surface area contributed by atoms with Crippen LogP contribution in [0.1, 0.15) is 45.4 Å². The molecule has 0 radical (unpaired) electrons. The van der Waals surface area contributed by atoms with Crippen molar-refractivity contribution in [1.82, 2.24) is 20.1 Å². The van der Waals surface area contributed by atoms with E-state index in [0.717, 1.165) is 31.0 Å². The molecule has 0 aliphatic rings. The van der Waals surface area contributed by atoms with Crippen LogP contribution in [0.3, 0.4) is 0 Å². The summed E-state index contributed by atoms with van der Waals surface area (Å²) >= 11 is 0. The number of hydrogen-bond acceptors (Lipinski definition) is 4. The molecule has 1 atom stereocenters. The third-order valence-electron chi connectivity index (χ3n) is 2.84. The summed E-state index contributed by atoms with van der Waals surface area (Å²) in [5, 5.41) is 8.02. The van der Waals surface area contributed by atoms with Crippen molar-refractivity contribution in [2.24, 2.45) is 0 Å². The number of nitrogens with zero attached hydrogens (tertiary/aromatic N) is 3. The number of nitrogens with one attached hydrogen (secondary N) is 1. The molecule has 1 rings (SSSR count). The van der Waals surface area contributed by atoms with Crippen LogP contribution >= 0.6 is 0 Å². The number of rotatable bonds is 8. The highest BCUT2D eigenvalue weighted by Crippen LogP contribution is 2.10. The zero-order valence-corrected chi connectivity index (χ0v) is 12.2. The minimum atomic E-state index is 0.208. The van der Waals surface area contributed by atoms with Gasteiger partial charge in [0, 0.05) is 32.5 Å². The molecule has 1 N–H and O–H groups in total. The third kappa shape index (κ3) is 4.07. The molecule has 0 aliphatic heterocycles. The van der Waals surface area contributed by atoms with Gasteiger partial charge in [-0.2, -0.15) is 5.10 Å². The number of aryl methyl sites for hydroxylation is 2. The second-order valence-corrected chi connectivity index (χ2v) is 4.77. The van der Waals surface area contributed by atoms with Gasteiger partial charge in [-0.05, 0) is 0 Å². The van der Waals surface area contributed by atoms with Gasteiger partial charge in [0.1, 0.15) is 5.82 Å². The van der Waals surface area contributed by atoms with E-state index in [-0.39, 0.29) is 6.04 Å². The van der Waals surface area contributed by atoms with Crippen LogP contribution in [0.2, 0.25) is 0 Å². The fourth-order valence-electron chi connectivity index (χ4n) is 1.87. The zero-order chi connectivity index (χ0) is 13.5. The molecule has 1 heterocycles. The van der Waals surface area contributed by atoms with Crippen molar-refractivity contribution >= 4 is 0 Å². The summed E-state index contributed by atoms with van der Waals surface area (Å²) in [6.07, 6.45) is 1.77. The summed E-state index contributed by atoms with van der Waals surface area (Å²) in [5.41, 5.74) is 0. The second kappa shape index (κ2) is 7.48. The summed E-state index contributed by atoms with van der Waals surface area (Å²) < 4.78 is 7.33. The van der Waals surface area contributed by atoms with Crippen LogP contribution < -0.4 is 5.32 Å². The molecule has 5 nitrogen and oxygen atoms in total. The molecule has 1 aromatic heterocycles. The summed E-state index contributed by atoms with van der Waals surface area (Å²) in [7, 11) is 1.73. The van der Waals surface area contributed by atoms with E-state index in [1.165, 1.54) is 0 Å². The molecule has 5 heteroatoms. The first-order valence-electron chi connectivity index (χ1n) is 6.78. The molecule has 1 unspecified atom stereocenters. The van der Waals surface area contributed by atoms with Gasteiger partial charge in [-0.25, -0.2) is 9.67 Å². The maximum absolute atomic E-state index is 5.30. The van der Waals surface area contributed by atoms with Crippen molar-refractivity contribution in [1.29, 1.82) is 0 Å². The highest BCUT2D eigenvalue weighted by Gasteiger charge is 2.17. The lowest BCUT2D eigenvalue weighted by atomic mass is 10.2. The van der Waals surface area contributed by atoms with Crippen LogP contribution in [0.5, 0.6) is 0 Å². The minimum absolute atomic E-state index is 0.208. The molecule has 0 amide bonds. The van der Waals surface area contributed by atoms with E-state index < -0.39 is 0 Å². The molecule has 0 bridgehead atoms. The number of aromatic nitrogens is 3. The molecular weight excluding hydrogens is 228 g/mol. The Balaban J connectivity index is 2.85. The lowest BCUT2D eigenvalue weighted by Crippen LogP contribution is -2.33. The van der Waals surface area contributed by atoms with Crippen molar-refractivity contribution in [2.45, 2.75) is 52.6 Å². The van der Waals surface area contributed by atoms with Crippen molar-refractivity contribution in [3.8, 4) is 0 Å². The third-order valence-corrected chi connectivity index (χ3v) is 2.84. The molecule has 0 aromatic carbocycles. The van der Waals surface area contributed by atoms with Gasteiger partial charge >= 0.3 is 0 Å². The lowest BCUT2D eigenvalue weighted by molar-refractivity contribution is 0.145. The standard InChI is InChI=1S/C13H26N4O/c1-6-12-15-13(7-2)17(16-12)11(9-18-5)8-14-10(3)4/h10-11,14H,6-9H2,1-5H3. The van der Waals surface area contributed by atoms with Gasteiger partial charge in [0.2, 0.25) is 0 Å². The predicted octanol–water partition coefficient (Wildman–Crippen LogP) is 1.59. The molecule has 0 fully saturated rings. The molecule has 18 heavy (non-hydrogen) atoms. The van der Waals surface area contributed by atoms with Gasteiger partial charge < -0.3 is 10.1 Å². The molecule has 0 saturated heterocycles. The Labute approximate surface area is 110 Å². The van der Waals surface area contributed by atoms with Gasteiger partial charge in [0.05, 0.1) is 12.6 Å². The van der Waals surface area contributed by atoms with Crippen LogP contribution in [0.15, 0.2) is 0 Å². The highest BCUT2D eigenvalue weighted by atomic mass is 16.5. The molecule has 0 spiro atoms. The van der Waals surface area contributed by atoms with Gasteiger partial charge in [-0.15, -0.1) is 0 Å². The normalized spacial score (nSPS) is 13.2. The van der Waals surface area contributed by atoms with Gasteiger partial charge in [-0.3, -0.25) is 0 Å². The molecule has 0 aliphatic carbocycles. The van der Waals surface area contributed by atoms with Crippen molar-refractivity contribution < 1.29 is 4.74 Å². The number of methoxy groups -OCH3 is 1. The van der Waals surface area contributed by atoms with E-state index >= 15 is 0 Å². The van der Waals surface area contributed by atoms with Crippen LogP contribution in [-0.4, -0.2) is 41.1 Å². The van der Waals surface area contributed by atoms with Crippen LogP contribution in [0, 0.1) is 0 Å². The SMILES string of the molecule is CCc1nc(CC)n(C(CNC(C)C)COC)n1. The van der Waals surface area contributed by atoms with Crippen molar-refractivity contribution in [3.05, 3.63) is 11.6 Å². The lowest BCUT2D eigenvalue weighted by Gasteiger charge is -2.20. The quantitative estimate of drug-likeness (QED) is 0.765.